The molecule has 20 heavy (non-hydrogen) atoms. The summed E-state index contributed by atoms with van der Waals surface area (Å²) in [6, 6.07) is 6.09. The van der Waals surface area contributed by atoms with E-state index in [0.29, 0.717) is 6.42 Å². The first-order chi connectivity index (χ1) is 9.74. The molecule has 0 saturated carbocycles. The quantitative estimate of drug-likeness (QED) is 0.811. The molecule has 4 nitrogen and oxygen atoms in total. The monoisotopic (exact) mass is 287 g/mol. The fourth-order valence-corrected chi connectivity index (χ4v) is 3.37. The third kappa shape index (κ3) is 2.72. The number of anilines is 1. The lowest BCUT2D eigenvalue weighted by molar-refractivity contribution is 0.0978. The van der Waals surface area contributed by atoms with Crippen LogP contribution in [0, 0.1) is 6.92 Å². The van der Waals surface area contributed by atoms with Crippen molar-refractivity contribution in [3.05, 3.63) is 40.5 Å². The molecule has 0 radical (unpaired) electrons. The second kappa shape index (κ2) is 5.71. The Morgan fingerprint density at radius 2 is 2.40 bits per heavy atom. The number of thiophene rings is 1. The van der Waals surface area contributed by atoms with Crippen molar-refractivity contribution in [2.45, 2.75) is 32.2 Å². The van der Waals surface area contributed by atoms with E-state index in [0.717, 1.165) is 35.8 Å². The van der Waals surface area contributed by atoms with Gasteiger partial charge in [-0.1, -0.05) is 6.07 Å². The number of ketones is 1. The van der Waals surface area contributed by atoms with Gasteiger partial charge in [0.15, 0.2) is 5.78 Å². The zero-order valence-electron chi connectivity index (χ0n) is 11.5. The van der Waals surface area contributed by atoms with Gasteiger partial charge in [0, 0.05) is 30.8 Å². The number of carbonyl (C=O) groups excluding carboxylic acids is 1. The summed E-state index contributed by atoms with van der Waals surface area (Å²) in [7, 11) is 0. The van der Waals surface area contributed by atoms with Gasteiger partial charge >= 0.3 is 0 Å². The van der Waals surface area contributed by atoms with Gasteiger partial charge in [-0.05, 0) is 31.2 Å². The van der Waals surface area contributed by atoms with E-state index in [1.54, 1.807) is 6.33 Å². The van der Waals surface area contributed by atoms with Crippen LogP contribution in [0.15, 0.2) is 29.9 Å². The Kier molecular flexibility index (Phi) is 3.78. The van der Waals surface area contributed by atoms with Crippen LogP contribution in [0.4, 0.5) is 5.82 Å². The van der Waals surface area contributed by atoms with Crippen LogP contribution in [0.1, 0.15) is 34.6 Å². The van der Waals surface area contributed by atoms with Gasteiger partial charge in [0.2, 0.25) is 0 Å². The van der Waals surface area contributed by atoms with Gasteiger partial charge in [0.25, 0.3) is 0 Å². The second-order valence-corrected chi connectivity index (χ2v) is 6.06. The molecule has 0 aromatic carbocycles. The van der Waals surface area contributed by atoms with Crippen LogP contribution < -0.4 is 4.90 Å². The van der Waals surface area contributed by atoms with Crippen molar-refractivity contribution in [3.8, 4) is 0 Å². The molecule has 1 saturated heterocycles. The molecule has 0 N–H and O–H groups in total. The molecule has 2 aromatic rings. The normalized spacial score (nSPS) is 18.4. The molecule has 3 rings (SSSR count). The molecular formula is C15H17N3OS. The van der Waals surface area contributed by atoms with Gasteiger partial charge in [-0.15, -0.1) is 11.3 Å². The molecule has 104 valence electrons. The average molecular weight is 287 g/mol. The molecule has 5 heteroatoms. The Bertz CT molecular complexity index is 597. The number of nitrogens with zero attached hydrogens (tertiary/aromatic N) is 3. The highest BCUT2D eigenvalue weighted by atomic mass is 32.1. The van der Waals surface area contributed by atoms with Crippen molar-refractivity contribution in [3.63, 3.8) is 0 Å². The van der Waals surface area contributed by atoms with Crippen LogP contribution in [0.25, 0.3) is 0 Å². The third-order valence-electron chi connectivity index (χ3n) is 3.68. The first-order valence-corrected chi connectivity index (χ1v) is 7.74. The minimum atomic E-state index is 0.239. The molecule has 0 amide bonds. The number of rotatable bonds is 4. The van der Waals surface area contributed by atoms with E-state index in [1.807, 2.05) is 30.5 Å². The average Bonchev–Trinajstić information content (AvgIpc) is 3.09. The van der Waals surface area contributed by atoms with E-state index < -0.39 is 0 Å². The number of carbonyl (C=O) groups is 1. The first-order valence-electron chi connectivity index (χ1n) is 6.86. The summed E-state index contributed by atoms with van der Waals surface area (Å²) in [5, 5.41) is 1.95. The molecule has 1 fully saturated rings. The minimum Gasteiger partial charge on any atom is -0.353 e. The minimum absolute atomic E-state index is 0.239. The molecule has 1 atom stereocenters. The number of hydrogen-bond acceptors (Lipinski definition) is 5. The number of hydrogen-bond donors (Lipinski definition) is 0. The van der Waals surface area contributed by atoms with Gasteiger partial charge in [-0.2, -0.15) is 0 Å². The van der Waals surface area contributed by atoms with Crippen molar-refractivity contribution in [1.29, 1.82) is 0 Å². The second-order valence-electron chi connectivity index (χ2n) is 5.11. The summed E-state index contributed by atoms with van der Waals surface area (Å²) in [5.74, 6) is 1.18. The third-order valence-corrected chi connectivity index (χ3v) is 4.59. The van der Waals surface area contributed by atoms with Crippen molar-refractivity contribution in [1.82, 2.24) is 9.97 Å². The number of aromatic nitrogens is 2. The Morgan fingerprint density at radius 1 is 1.50 bits per heavy atom. The van der Waals surface area contributed by atoms with E-state index in [2.05, 4.69) is 14.9 Å². The predicted molar refractivity (Wildman–Crippen MR) is 80.4 cm³/mol. The number of aryl methyl sites for hydroxylation is 1. The summed E-state index contributed by atoms with van der Waals surface area (Å²) < 4.78 is 0. The number of Topliss-reactive ketones (excluding diaryl/α,β-unsaturated/α-hetero) is 1. The van der Waals surface area contributed by atoms with Gasteiger partial charge in [0.1, 0.15) is 12.1 Å². The van der Waals surface area contributed by atoms with E-state index >= 15 is 0 Å². The summed E-state index contributed by atoms with van der Waals surface area (Å²) >= 11 is 1.52. The van der Waals surface area contributed by atoms with Gasteiger partial charge < -0.3 is 4.90 Å². The highest BCUT2D eigenvalue weighted by Gasteiger charge is 2.28. The van der Waals surface area contributed by atoms with E-state index in [-0.39, 0.29) is 11.8 Å². The lowest BCUT2D eigenvalue weighted by Gasteiger charge is -2.25. The van der Waals surface area contributed by atoms with E-state index in [9.17, 15) is 4.79 Å². The Labute approximate surface area is 122 Å². The van der Waals surface area contributed by atoms with Crippen molar-refractivity contribution < 1.29 is 4.79 Å². The zero-order chi connectivity index (χ0) is 13.9. The van der Waals surface area contributed by atoms with Crippen LogP contribution in [-0.4, -0.2) is 28.3 Å². The standard InChI is InChI=1S/C15H17N3OS/c1-11-8-15(17-10-16-11)18-6-2-4-12(18)9-13(19)14-5-3-7-20-14/h3,5,7-8,10,12H,2,4,6,9H2,1H3. The fourth-order valence-electron chi connectivity index (χ4n) is 2.70. The molecule has 1 unspecified atom stereocenters. The summed E-state index contributed by atoms with van der Waals surface area (Å²) in [6.07, 6.45) is 4.34. The summed E-state index contributed by atoms with van der Waals surface area (Å²) in [6.45, 7) is 2.94. The van der Waals surface area contributed by atoms with Crippen molar-refractivity contribution in [2.24, 2.45) is 0 Å². The van der Waals surface area contributed by atoms with Crippen molar-refractivity contribution in [2.75, 3.05) is 11.4 Å². The molecule has 1 aliphatic rings. The van der Waals surface area contributed by atoms with Crippen LogP contribution >= 0.6 is 11.3 Å². The van der Waals surface area contributed by atoms with Gasteiger partial charge in [0.05, 0.1) is 4.88 Å². The molecule has 0 spiro atoms. The first kappa shape index (κ1) is 13.2. The van der Waals surface area contributed by atoms with Crippen LogP contribution in [-0.2, 0) is 0 Å². The van der Waals surface area contributed by atoms with Gasteiger partial charge in [-0.25, -0.2) is 9.97 Å². The van der Waals surface area contributed by atoms with Crippen LogP contribution in [0.5, 0.6) is 0 Å². The summed E-state index contributed by atoms with van der Waals surface area (Å²) in [4.78, 5) is 23.8. The molecule has 1 aliphatic heterocycles. The smallest absolute Gasteiger partial charge is 0.174 e. The van der Waals surface area contributed by atoms with Crippen molar-refractivity contribution >= 4 is 22.9 Å². The topological polar surface area (TPSA) is 46.1 Å². The van der Waals surface area contributed by atoms with E-state index in [4.69, 9.17) is 0 Å². The maximum atomic E-state index is 12.3. The molecule has 0 bridgehead atoms. The molecule has 2 aromatic heterocycles. The van der Waals surface area contributed by atoms with Crippen LogP contribution in [0.3, 0.4) is 0 Å². The predicted octanol–water partition coefficient (Wildman–Crippen LogP) is 3.09. The maximum Gasteiger partial charge on any atom is 0.174 e. The Hall–Kier alpha value is -1.75. The molecule has 3 heterocycles. The Morgan fingerprint density at radius 3 is 3.15 bits per heavy atom. The molecular weight excluding hydrogens is 270 g/mol. The maximum absolute atomic E-state index is 12.3. The lowest BCUT2D eigenvalue weighted by Crippen LogP contribution is -2.31. The van der Waals surface area contributed by atoms with Crippen LogP contribution in [0.2, 0.25) is 0 Å². The molecule has 0 aliphatic carbocycles. The fraction of sp³-hybridized carbons (Fsp3) is 0.400. The summed E-state index contributed by atoms with van der Waals surface area (Å²) in [5.41, 5.74) is 0.963. The highest BCUT2D eigenvalue weighted by Crippen LogP contribution is 2.27. The zero-order valence-corrected chi connectivity index (χ0v) is 12.3. The van der Waals surface area contributed by atoms with E-state index in [1.165, 1.54) is 11.3 Å². The SMILES string of the molecule is Cc1cc(N2CCCC2CC(=O)c2cccs2)ncn1. The lowest BCUT2D eigenvalue weighted by atomic mass is 10.1. The largest absolute Gasteiger partial charge is 0.353 e. The highest BCUT2D eigenvalue weighted by molar-refractivity contribution is 7.12. The Balaban J connectivity index is 1.74. The van der Waals surface area contributed by atoms with Gasteiger partial charge in [-0.3, -0.25) is 4.79 Å².